The maximum atomic E-state index is 12.8. The number of urea groups is 1. The quantitative estimate of drug-likeness (QED) is 0.653. The zero-order valence-corrected chi connectivity index (χ0v) is 17.9. The lowest BCUT2D eigenvalue weighted by atomic mass is 9.96. The number of carbonyl (C=O) groups is 1. The topological polar surface area (TPSA) is 36.8 Å². The first kappa shape index (κ1) is 20.5. The summed E-state index contributed by atoms with van der Waals surface area (Å²) in [6, 6.07) is 27.1. The lowest BCUT2D eigenvalue weighted by Gasteiger charge is -2.37. The van der Waals surface area contributed by atoms with E-state index < -0.39 is 0 Å². The van der Waals surface area contributed by atoms with E-state index in [4.69, 9.17) is 11.6 Å². The largest absolute Gasteiger partial charge is 0.322 e. The first-order valence-corrected chi connectivity index (χ1v) is 10.8. The molecule has 0 aliphatic carbocycles. The van der Waals surface area contributed by atoms with Crippen LogP contribution in [-0.4, -0.2) is 37.1 Å². The standard InChI is InChI=1S/C25H26ClN3O/c1-19-9-8-14-22(26)23(19)27-25(30)29-17-15-28(16-18-29)24(20-10-4-2-5-11-20)21-12-6-3-7-13-21/h2-14,24H,15-18H2,1H3,(H,27,30)/p+1. The number of halogens is 1. The summed E-state index contributed by atoms with van der Waals surface area (Å²) in [5.74, 6) is 0. The van der Waals surface area contributed by atoms with Crippen LogP contribution in [0.1, 0.15) is 22.7 Å². The van der Waals surface area contributed by atoms with E-state index in [1.165, 1.54) is 16.0 Å². The van der Waals surface area contributed by atoms with Gasteiger partial charge in [0.05, 0.1) is 36.9 Å². The summed E-state index contributed by atoms with van der Waals surface area (Å²) in [5.41, 5.74) is 4.28. The third kappa shape index (κ3) is 4.50. The number of benzene rings is 3. The molecule has 0 atom stereocenters. The van der Waals surface area contributed by atoms with Crippen molar-refractivity contribution < 1.29 is 9.69 Å². The van der Waals surface area contributed by atoms with Crippen molar-refractivity contribution in [2.45, 2.75) is 13.0 Å². The van der Waals surface area contributed by atoms with E-state index in [1.54, 1.807) is 6.07 Å². The summed E-state index contributed by atoms with van der Waals surface area (Å²) in [6.07, 6.45) is 0. The fourth-order valence-corrected chi connectivity index (χ4v) is 4.49. The summed E-state index contributed by atoms with van der Waals surface area (Å²) >= 11 is 6.28. The number of aryl methyl sites for hydroxylation is 1. The molecule has 1 aliphatic heterocycles. The molecule has 0 aromatic heterocycles. The van der Waals surface area contributed by atoms with Crippen molar-refractivity contribution in [1.82, 2.24) is 4.90 Å². The summed E-state index contributed by atoms with van der Waals surface area (Å²) in [5, 5.41) is 3.57. The van der Waals surface area contributed by atoms with E-state index in [9.17, 15) is 4.79 Å². The Kier molecular flexibility index (Phi) is 6.36. The van der Waals surface area contributed by atoms with Crippen molar-refractivity contribution in [3.8, 4) is 0 Å². The summed E-state index contributed by atoms with van der Waals surface area (Å²) in [7, 11) is 0. The Morgan fingerprint density at radius 3 is 2.00 bits per heavy atom. The van der Waals surface area contributed by atoms with Crippen LogP contribution in [0.25, 0.3) is 0 Å². The zero-order valence-electron chi connectivity index (χ0n) is 17.1. The minimum Gasteiger partial charge on any atom is -0.322 e. The second kappa shape index (κ2) is 9.33. The highest BCUT2D eigenvalue weighted by Crippen LogP contribution is 2.25. The van der Waals surface area contributed by atoms with Gasteiger partial charge in [0.25, 0.3) is 0 Å². The number of anilines is 1. The van der Waals surface area contributed by atoms with Crippen LogP contribution in [0.4, 0.5) is 10.5 Å². The molecule has 0 bridgehead atoms. The number of piperazine rings is 1. The number of hydrogen-bond acceptors (Lipinski definition) is 1. The number of quaternary nitrogens is 1. The molecule has 4 nitrogen and oxygen atoms in total. The Bertz CT molecular complexity index is 926. The molecule has 2 amide bonds. The highest BCUT2D eigenvalue weighted by atomic mass is 35.5. The zero-order chi connectivity index (χ0) is 20.9. The Hall–Kier alpha value is -2.82. The van der Waals surface area contributed by atoms with E-state index in [0.717, 1.165) is 18.7 Å². The fraction of sp³-hybridized carbons (Fsp3) is 0.240. The van der Waals surface area contributed by atoms with Gasteiger partial charge in [-0.1, -0.05) is 84.4 Å². The Morgan fingerprint density at radius 2 is 1.47 bits per heavy atom. The number of carbonyl (C=O) groups excluding carboxylic acids is 1. The van der Waals surface area contributed by atoms with Crippen LogP contribution in [-0.2, 0) is 0 Å². The maximum Gasteiger partial charge on any atom is 0.322 e. The van der Waals surface area contributed by atoms with Crippen LogP contribution in [0, 0.1) is 6.92 Å². The van der Waals surface area contributed by atoms with Gasteiger partial charge in [-0.05, 0) is 18.6 Å². The number of amides is 2. The number of nitrogens with zero attached hydrogens (tertiary/aromatic N) is 1. The van der Waals surface area contributed by atoms with Gasteiger partial charge in [-0.15, -0.1) is 0 Å². The van der Waals surface area contributed by atoms with Gasteiger partial charge < -0.3 is 15.1 Å². The first-order valence-electron chi connectivity index (χ1n) is 10.4. The van der Waals surface area contributed by atoms with Crippen molar-refractivity contribution in [1.29, 1.82) is 0 Å². The minimum atomic E-state index is -0.0822. The number of rotatable bonds is 4. The molecule has 1 saturated heterocycles. The molecule has 0 spiro atoms. The summed E-state index contributed by atoms with van der Waals surface area (Å²) in [6.45, 7) is 5.16. The number of hydrogen-bond donors (Lipinski definition) is 2. The van der Waals surface area contributed by atoms with Crippen LogP contribution < -0.4 is 10.2 Å². The molecular formula is C25H27ClN3O+. The van der Waals surface area contributed by atoms with Crippen molar-refractivity contribution in [3.05, 3.63) is 101 Å². The van der Waals surface area contributed by atoms with Gasteiger partial charge in [-0.2, -0.15) is 0 Å². The van der Waals surface area contributed by atoms with Gasteiger partial charge in [0.2, 0.25) is 0 Å². The van der Waals surface area contributed by atoms with Gasteiger partial charge >= 0.3 is 6.03 Å². The van der Waals surface area contributed by atoms with Crippen LogP contribution in [0.15, 0.2) is 78.9 Å². The molecule has 5 heteroatoms. The molecular weight excluding hydrogens is 394 g/mol. The lowest BCUT2D eigenvalue weighted by molar-refractivity contribution is -0.929. The van der Waals surface area contributed by atoms with E-state index in [0.29, 0.717) is 23.8 Å². The Morgan fingerprint density at radius 1 is 0.900 bits per heavy atom. The average molecular weight is 421 g/mol. The molecule has 4 rings (SSSR count). The van der Waals surface area contributed by atoms with E-state index >= 15 is 0 Å². The predicted octanol–water partition coefficient (Wildman–Crippen LogP) is 4.17. The molecule has 154 valence electrons. The highest BCUT2D eigenvalue weighted by molar-refractivity contribution is 6.33. The van der Waals surface area contributed by atoms with Gasteiger partial charge in [-0.25, -0.2) is 4.79 Å². The molecule has 2 N–H and O–H groups in total. The smallest absolute Gasteiger partial charge is 0.322 e. The van der Waals surface area contributed by atoms with E-state index in [-0.39, 0.29) is 12.1 Å². The summed E-state index contributed by atoms with van der Waals surface area (Å²) in [4.78, 5) is 16.2. The molecule has 3 aromatic carbocycles. The molecule has 0 saturated carbocycles. The summed E-state index contributed by atoms with van der Waals surface area (Å²) < 4.78 is 0. The molecule has 0 unspecified atom stereocenters. The SMILES string of the molecule is Cc1cccc(Cl)c1NC(=O)N1CC[NH+](C(c2ccccc2)c2ccccc2)CC1. The highest BCUT2D eigenvalue weighted by Gasteiger charge is 2.31. The molecule has 1 aliphatic rings. The lowest BCUT2D eigenvalue weighted by Crippen LogP contribution is -3.15. The van der Waals surface area contributed by atoms with Crippen molar-refractivity contribution in [2.24, 2.45) is 0 Å². The average Bonchev–Trinajstić information content (AvgIpc) is 2.78. The second-order valence-electron chi connectivity index (χ2n) is 7.76. The normalized spacial score (nSPS) is 14.7. The van der Waals surface area contributed by atoms with Gasteiger partial charge in [0, 0.05) is 11.1 Å². The maximum absolute atomic E-state index is 12.8. The number of nitrogens with one attached hydrogen (secondary N) is 2. The van der Waals surface area contributed by atoms with Crippen molar-refractivity contribution in [2.75, 3.05) is 31.5 Å². The Labute approximate surface area is 183 Å². The third-order valence-electron chi connectivity index (χ3n) is 5.82. The van der Waals surface area contributed by atoms with Crippen LogP contribution in [0.2, 0.25) is 5.02 Å². The molecule has 30 heavy (non-hydrogen) atoms. The Balaban J connectivity index is 1.46. The van der Waals surface area contributed by atoms with Crippen LogP contribution >= 0.6 is 11.6 Å². The van der Waals surface area contributed by atoms with E-state index in [1.807, 2.05) is 24.0 Å². The van der Waals surface area contributed by atoms with Gasteiger partial charge in [0.15, 0.2) is 0 Å². The fourth-order valence-electron chi connectivity index (χ4n) is 4.22. The monoisotopic (exact) mass is 420 g/mol. The molecule has 1 fully saturated rings. The van der Waals surface area contributed by atoms with Gasteiger partial charge in [-0.3, -0.25) is 0 Å². The van der Waals surface area contributed by atoms with Crippen molar-refractivity contribution >= 4 is 23.3 Å². The number of para-hydroxylation sites is 1. The van der Waals surface area contributed by atoms with Crippen molar-refractivity contribution in [3.63, 3.8) is 0 Å². The minimum absolute atomic E-state index is 0.0822. The van der Waals surface area contributed by atoms with Gasteiger partial charge in [0.1, 0.15) is 6.04 Å². The molecule has 1 heterocycles. The van der Waals surface area contributed by atoms with Crippen LogP contribution in [0.3, 0.4) is 0 Å². The third-order valence-corrected chi connectivity index (χ3v) is 6.14. The van der Waals surface area contributed by atoms with Crippen LogP contribution in [0.5, 0.6) is 0 Å². The molecule has 0 radical (unpaired) electrons. The second-order valence-corrected chi connectivity index (χ2v) is 8.17. The first-order chi connectivity index (χ1) is 14.6. The molecule has 3 aromatic rings. The van der Waals surface area contributed by atoms with E-state index in [2.05, 4.69) is 66.0 Å². The predicted molar refractivity (Wildman–Crippen MR) is 122 cm³/mol.